The Bertz CT molecular complexity index is 589. The van der Waals surface area contributed by atoms with Crippen molar-refractivity contribution in [2.24, 2.45) is 0 Å². The molecule has 0 saturated carbocycles. The maximum absolute atomic E-state index is 13.6. The van der Waals surface area contributed by atoms with Crippen molar-refractivity contribution in [1.82, 2.24) is 5.32 Å². The van der Waals surface area contributed by atoms with Crippen LogP contribution in [-0.4, -0.2) is 34.6 Å². The van der Waals surface area contributed by atoms with E-state index in [2.05, 4.69) is 5.32 Å². The van der Waals surface area contributed by atoms with Crippen molar-refractivity contribution in [2.45, 2.75) is 11.8 Å². The Kier molecular flexibility index (Phi) is 5.28. The molecule has 1 aromatic rings. The lowest BCUT2D eigenvalue weighted by Gasteiger charge is -2.08. The molecule has 1 N–H and O–H groups in total. The largest absolute Gasteiger partial charge is 0.383 e. The zero-order valence-electron chi connectivity index (χ0n) is 10.4. The summed E-state index contributed by atoms with van der Waals surface area (Å²) in [6, 6.07) is 1.88. The summed E-state index contributed by atoms with van der Waals surface area (Å²) in [5.41, 5.74) is -0.234. The molecule has 0 spiro atoms. The van der Waals surface area contributed by atoms with Crippen LogP contribution in [0.15, 0.2) is 17.0 Å². The normalized spacial score (nSPS) is 11.4. The molecule has 1 aromatic carbocycles. The smallest absolute Gasteiger partial charge is 0.261 e. The number of carbonyl (C=O) groups excluding carboxylic acids is 1. The quantitative estimate of drug-likeness (QED) is 0.660. The van der Waals surface area contributed by atoms with Gasteiger partial charge in [-0.15, -0.1) is 0 Å². The summed E-state index contributed by atoms with van der Waals surface area (Å²) in [4.78, 5) is 11.4. The maximum atomic E-state index is 13.6. The van der Waals surface area contributed by atoms with Crippen LogP contribution in [0.5, 0.6) is 0 Å². The first-order valence-corrected chi connectivity index (χ1v) is 7.60. The summed E-state index contributed by atoms with van der Waals surface area (Å²) < 4.78 is 41.0. The number of methoxy groups -OCH3 is 1. The van der Waals surface area contributed by atoms with Crippen LogP contribution in [0.2, 0.25) is 0 Å². The van der Waals surface area contributed by atoms with Gasteiger partial charge in [-0.1, -0.05) is 0 Å². The van der Waals surface area contributed by atoms with Gasteiger partial charge in [0.05, 0.1) is 17.1 Å². The Morgan fingerprint density at radius 2 is 2.11 bits per heavy atom. The molecule has 0 aliphatic carbocycles. The van der Waals surface area contributed by atoms with Crippen LogP contribution in [-0.2, 0) is 13.8 Å². The number of hydrogen-bond donors (Lipinski definition) is 1. The van der Waals surface area contributed by atoms with E-state index in [1.807, 2.05) is 0 Å². The molecule has 0 saturated heterocycles. The molecule has 5 nitrogen and oxygen atoms in total. The third kappa shape index (κ3) is 4.15. The van der Waals surface area contributed by atoms with Gasteiger partial charge < -0.3 is 10.1 Å². The molecule has 0 aliphatic rings. The number of aryl methyl sites for hydroxylation is 1. The standard InChI is InChI=1S/C11H13ClFNO4S/c1-7-5-9(13)8(6-10(7)19(12,16)17)11(15)14-3-4-18-2/h5-6H,3-4H2,1-2H3,(H,14,15). The van der Waals surface area contributed by atoms with E-state index < -0.39 is 20.8 Å². The molecule has 0 aromatic heterocycles. The summed E-state index contributed by atoms with van der Waals surface area (Å²) in [6.07, 6.45) is 0. The first-order chi connectivity index (χ1) is 8.77. The Labute approximate surface area is 115 Å². The van der Waals surface area contributed by atoms with E-state index in [1.54, 1.807) is 0 Å². The van der Waals surface area contributed by atoms with Gasteiger partial charge in [-0.2, -0.15) is 0 Å². The third-order valence-corrected chi connectivity index (χ3v) is 3.83. The summed E-state index contributed by atoms with van der Waals surface area (Å²) in [6.45, 7) is 1.84. The molecule has 106 valence electrons. The predicted molar refractivity (Wildman–Crippen MR) is 68.4 cm³/mol. The number of ether oxygens (including phenoxy) is 1. The fourth-order valence-corrected chi connectivity index (χ4v) is 2.65. The molecule has 0 aliphatic heterocycles. The Balaban J connectivity index is 3.11. The van der Waals surface area contributed by atoms with Crippen LogP contribution in [0, 0.1) is 12.7 Å². The van der Waals surface area contributed by atoms with Crippen LogP contribution in [0.4, 0.5) is 4.39 Å². The van der Waals surface area contributed by atoms with E-state index in [4.69, 9.17) is 15.4 Å². The highest BCUT2D eigenvalue weighted by atomic mass is 35.7. The third-order valence-electron chi connectivity index (χ3n) is 2.36. The van der Waals surface area contributed by atoms with Gasteiger partial charge in [-0.3, -0.25) is 4.79 Å². The summed E-state index contributed by atoms with van der Waals surface area (Å²) in [5.74, 6) is -1.53. The lowest BCUT2D eigenvalue weighted by atomic mass is 10.1. The highest BCUT2D eigenvalue weighted by Crippen LogP contribution is 2.23. The second-order valence-corrected chi connectivity index (χ2v) is 6.32. The van der Waals surface area contributed by atoms with Crippen molar-refractivity contribution in [3.8, 4) is 0 Å². The van der Waals surface area contributed by atoms with E-state index >= 15 is 0 Å². The maximum Gasteiger partial charge on any atom is 0.261 e. The van der Waals surface area contributed by atoms with E-state index in [0.29, 0.717) is 0 Å². The van der Waals surface area contributed by atoms with Gasteiger partial charge in [0.25, 0.3) is 15.0 Å². The Hall–Kier alpha value is -1.18. The van der Waals surface area contributed by atoms with E-state index in [-0.39, 0.29) is 29.2 Å². The van der Waals surface area contributed by atoms with Crippen LogP contribution >= 0.6 is 10.7 Å². The minimum Gasteiger partial charge on any atom is -0.383 e. The second kappa shape index (κ2) is 6.31. The van der Waals surface area contributed by atoms with Crippen molar-refractivity contribution in [3.63, 3.8) is 0 Å². The number of nitrogens with one attached hydrogen (secondary N) is 1. The van der Waals surface area contributed by atoms with E-state index in [9.17, 15) is 17.6 Å². The fourth-order valence-electron chi connectivity index (χ4n) is 1.45. The summed E-state index contributed by atoms with van der Waals surface area (Å²) in [5, 5.41) is 2.40. The molecular weight excluding hydrogens is 297 g/mol. The van der Waals surface area contributed by atoms with Crippen LogP contribution in [0.25, 0.3) is 0 Å². The fraction of sp³-hybridized carbons (Fsp3) is 0.364. The number of rotatable bonds is 5. The number of benzene rings is 1. The molecule has 0 fully saturated rings. The first-order valence-electron chi connectivity index (χ1n) is 5.29. The monoisotopic (exact) mass is 309 g/mol. The summed E-state index contributed by atoms with van der Waals surface area (Å²) >= 11 is 0. The molecule has 0 radical (unpaired) electrons. The number of hydrogen-bond acceptors (Lipinski definition) is 4. The predicted octanol–water partition coefficient (Wildman–Crippen LogP) is 1.44. The molecule has 0 bridgehead atoms. The molecule has 0 heterocycles. The second-order valence-electron chi connectivity index (χ2n) is 3.78. The van der Waals surface area contributed by atoms with Gasteiger partial charge in [0.2, 0.25) is 0 Å². The lowest BCUT2D eigenvalue weighted by molar-refractivity contribution is 0.0933. The van der Waals surface area contributed by atoms with Gasteiger partial charge in [-0.25, -0.2) is 12.8 Å². The zero-order chi connectivity index (χ0) is 14.6. The van der Waals surface area contributed by atoms with Crippen molar-refractivity contribution in [1.29, 1.82) is 0 Å². The molecule has 1 rings (SSSR count). The van der Waals surface area contributed by atoms with E-state index in [0.717, 1.165) is 12.1 Å². The van der Waals surface area contributed by atoms with Crippen LogP contribution in [0.3, 0.4) is 0 Å². The number of amides is 1. The van der Waals surface area contributed by atoms with Crippen molar-refractivity contribution >= 4 is 25.6 Å². The van der Waals surface area contributed by atoms with Gasteiger partial charge in [-0.05, 0) is 24.6 Å². The summed E-state index contributed by atoms with van der Waals surface area (Å²) in [7, 11) is 2.64. The average Bonchev–Trinajstić information content (AvgIpc) is 2.27. The van der Waals surface area contributed by atoms with Crippen molar-refractivity contribution in [2.75, 3.05) is 20.3 Å². The topological polar surface area (TPSA) is 72.5 Å². The minimum absolute atomic E-state index is 0.140. The minimum atomic E-state index is -4.03. The van der Waals surface area contributed by atoms with Crippen LogP contribution < -0.4 is 5.32 Å². The van der Waals surface area contributed by atoms with Gasteiger partial charge in [0, 0.05) is 24.3 Å². The van der Waals surface area contributed by atoms with Gasteiger partial charge in [0.1, 0.15) is 5.82 Å². The molecular formula is C11H13ClFNO4S. The number of carbonyl (C=O) groups is 1. The zero-order valence-corrected chi connectivity index (χ0v) is 11.9. The average molecular weight is 310 g/mol. The van der Waals surface area contributed by atoms with Gasteiger partial charge in [0.15, 0.2) is 0 Å². The molecule has 0 unspecified atom stereocenters. The van der Waals surface area contributed by atoms with E-state index in [1.165, 1.54) is 14.0 Å². The van der Waals surface area contributed by atoms with Gasteiger partial charge >= 0.3 is 0 Å². The van der Waals surface area contributed by atoms with Crippen LogP contribution in [0.1, 0.15) is 15.9 Å². The highest BCUT2D eigenvalue weighted by Gasteiger charge is 2.20. The Morgan fingerprint density at radius 1 is 1.47 bits per heavy atom. The molecule has 19 heavy (non-hydrogen) atoms. The lowest BCUT2D eigenvalue weighted by Crippen LogP contribution is -2.28. The molecule has 1 amide bonds. The molecule has 8 heteroatoms. The SMILES string of the molecule is COCCNC(=O)c1cc(S(=O)(=O)Cl)c(C)cc1F. The Morgan fingerprint density at radius 3 is 2.63 bits per heavy atom. The number of halogens is 2. The molecule has 0 atom stereocenters. The first kappa shape index (κ1) is 15.9. The van der Waals surface area contributed by atoms with Crippen molar-refractivity contribution in [3.05, 3.63) is 29.1 Å². The highest BCUT2D eigenvalue weighted by molar-refractivity contribution is 8.13. The van der Waals surface area contributed by atoms with Crippen molar-refractivity contribution < 1.29 is 22.3 Å².